The maximum absolute atomic E-state index is 5.76. The molecule has 0 spiro atoms. The summed E-state index contributed by atoms with van der Waals surface area (Å²) in [6.07, 6.45) is 12.4. The summed E-state index contributed by atoms with van der Waals surface area (Å²) in [4.78, 5) is 0. The first-order valence-electron chi connectivity index (χ1n) is 7.80. The fourth-order valence-corrected chi connectivity index (χ4v) is 4.18. The van der Waals surface area contributed by atoms with Crippen molar-refractivity contribution in [3.8, 4) is 0 Å². The second-order valence-electron chi connectivity index (χ2n) is 6.29. The fraction of sp³-hybridized carbons (Fsp3) is 1.00. The van der Waals surface area contributed by atoms with Gasteiger partial charge in [-0.05, 0) is 49.9 Å². The Morgan fingerprint density at radius 1 is 1.17 bits per heavy atom. The van der Waals surface area contributed by atoms with Crippen molar-refractivity contribution in [1.29, 1.82) is 0 Å². The highest BCUT2D eigenvalue weighted by atomic mass is 16.5. The zero-order valence-electron chi connectivity index (χ0n) is 11.9. The van der Waals surface area contributed by atoms with Crippen LogP contribution in [0.3, 0.4) is 0 Å². The van der Waals surface area contributed by atoms with Crippen LogP contribution in [0.1, 0.15) is 57.8 Å². The van der Waals surface area contributed by atoms with Gasteiger partial charge in [0.05, 0.1) is 0 Å². The lowest BCUT2D eigenvalue weighted by Gasteiger charge is -2.41. The van der Waals surface area contributed by atoms with Gasteiger partial charge in [0.2, 0.25) is 0 Å². The van der Waals surface area contributed by atoms with Crippen LogP contribution in [-0.2, 0) is 4.74 Å². The standard InChI is InChI=1S/C15H30N2O/c1-18-10-4-7-15(17-16)14-9-8-12-5-2-3-6-13(12)11-14/h12-15,17H,2-11,16H2,1H3. The van der Waals surface area contributed by atoms with Crippen LogP contribution in [-0.4, -0.2) is 19.8 Å². The molecule has 0 aromatic carbocycles. The van der Waals surface area contributed by atoms with Crippen molar-refractivity contribution in [3.63, 3.8) is 0 Å². The minimum absolute atomic E-state index is 0.503. The molecule has 0 aromatic heterocycles. The van der Waals surface area contributed by atoms with Crippen LogP contribution >= 0.6 is 0 Å². The van der Waals surface area contributed by atoms with E-state index in [0.29, 0.717) is 6.04 Å². The van der Waals surface area contributed by atoms with E-state index in [1.807, 2.05) is 0 Å². The molecule has 3 nitrogen and oxygen atoms in total. The van der Waals surface area contributed by atoms with Gasteiger partial charge in [-0.1, -0.05) is 25.7 Å². The van der Waals surface area contributed by atoms with E-state index in [1.165, 1.54) is 44.9 Å². The van der Waals surface area contributed by atoms with Crippen LogP contribution in [0.25, 0.3) is 0 Å². The van der Waals surface area contributed by atoms with Crippen LogP contribution < -0.4 is 11.3 Å². The molecule has 3 heteroatoms. The Morgan fingerprint density at radius 2 is 1.94 bits per heavy atom. The highest BCUT2D eigenvalue weighted by Crippen LogP contribution is 2.43. The van der Waals surface area contributed by atoms with Crippen LogP contribution in [0.4, 0.5) is 0 Å². The Balaban J connectivity index is 1.80. The van der Waals surface area contributed by atoms with Crippen LogP contribution in [0.2, 0.25) is 0 Å². The van der Waals surface area contributed by atoms with Crippen molar-refractivity contribution in [2.24, 2.45) is 23.6 Å². The number of hydrogen-bond donors (Lipinski definition) is 2. The molecule has 2 aliphatic carbocycles. The summed E-state index contributed by atoms with van der Waals surface area (Å²) >= 11 is 0. The van der Waals surface area contributed by atoms with Gasteiger partial charge < -0.3 is 4.74 Å². The van der Waals surface area contributed by atoms with Crippen molar-refractivity contribution >= 4 is 0 Å². The zero-order chi connectivity index (χ0) is 12.8. The summed E-state index contributed by atoms with van der Waals surface area (Å²) in [6.45, 7) is 0.858. The van der Waals surface area contributed by atoms with E-state index in [0.717, 1.165) is 37.2 Å². The molecule has 2 saturated carbocycles. The van der Waals surface area contributed by atoms with Gasteiger partial charge in [0.1, 0.15) is 0 Å². The summed E-state index contributed by atoms with van der Waals surface area (Å²) < 4.78 is 5.14. The molecule has 2 rings (SSSR count). The number of ether oxygens (including phenoxy) is 1. The van der Waals surface area contributed by atoms with Crippen molar-refractivity contribution in [1.82, 2.24) is 5.43 Å². The summed E-state index contributed by atoms with van der Waals surface area (Å²) in [5.41, 5.74) is 3.07. The molecule has 4 unspecified atom stereocenters. The molecule has 0 saturated heterocycles. The van der Waals surface area contributed by atoms with Crippen LogP contribution in [0, 0.1) is 17.8 Å². The third kappa shape index (κ3) is 3.69. The Bertz CT molecular complexity index is 235. The van der Waals surface area contributed by atoms with E-state index in [-0.39, 0.29) is 0 Å². The number of nitrogens with two attached hydrogens (primary N) is 1. The molecule has 18 heavy (non-hydrogen) atoms. The van der Waals surface area contributed by atoms with Crippen LogP contribution in [0.5, 0.6) is 0 Å². The van der Waals surface area contributed by atoms with E-state index >= 15 is 0 Å². The monoisotopic (exact) mass is 254 g/mol. The average molecular weight is 254 g/mol. The number of fused-ring (bicyclic) bond motifs is 1. The molecule has 0 heterocycles. The highest BCUT2D eigenvalue weighted by Gasteiger charge is 2.34. The van der Waals surface area contributed by atoms with Crippen molar-refractivity contribution in [2.45, 2.75) is 63.8 Å². The Morgan fingerprint density at radius 3 is 2.67 bits per heavy atom. The molecule has 2 fully saturated rings. The number of methoxy groups -OCH3 is 1. The number of nitrogens with one attached hydrogen (secondary N) is 1. The lowest BCUT2D eigenvalue weighted by molar-refractivity contribution is 0.103. The average Bonchev–Trinajstić information content (AvgIpc) is 2.43. The third-order valence-electron chi connectivity index (χ3n) is 5.23. The van der Waals surface area contributed by atoms with Gasteiger partial charge in [0.25, 0.3) is 0 Å². The van der Waals surface area contributed by atoms with Gasteiger partial charge in [-0.2, -0.15) is 0 Å². The maximum Gasteiger partial charge on any atom is 0.0462 e. The summed E-state index contributed by atoms with van der Waals surface area (Å²) in [7, 11) is 1.78. The molecule has 4 atom stereocenters. The lowest BCUT2D eigenvalue weighted by atomic mass is 9.66. The van der Waals surface area contributed by atoms with Gasteiger partial charge in [-0.25, -0.2) is 0 Å². The van der Waals surface area contributed by atoms with Crippen molar-refractivity contribution < 1.29 is 4.74 Å². The SMILES string of the molecule is COCCCC(NN)C1CCC2CCCCC2C1. The topological polar surface area (TPSA) is 47.3 Å². The largest absolute Gasteiger partial charge is 0.385 e. The predicted octanol–water partition coefficient (Wildman–Crippen LogP) is 2.85. The first-order valence-corrected chi connectivity index (χ1v) is 7.80. The summed E-state index contributed by atoms with van der Waals surface area (Å²) in [5, 5.41) is 0. The number of hydrogen-bond acceptors (Lipinski definition) is 3. The first-order chi connectivity index (χ1) is 8.85. The van der Waals surface area contributed by atoms with Gasteiger partial charge in [-0.15, -0.1) is 0 Å². The number of rotatable bonds is 6. The predicted molar refractivity (Wildman–Crippen MR) is 75.0 cm³/mol. The molecular weight excluding hydrogens is 224 g/mol. The Hall–Kier alpha value is -0.120. The second-order valence-corrected chi connectivity index (χ2v) is 6.29. The normalized spacial score (nSPS) is 34.0. The van der Waals surface area contributed by atoms with Crippen molar-refractivity contribution in [3.05, 3.63) is 0 Å². The minimum Gasteiger partial charge on any atom is -0.385 e. The molecule has 0 radical (unpaired) electrons. The molecule has 0 aromatic rings. The minimum atomic E-state index is 0.503. The maximum atomic E-state index is 5.76. The Kier molecular flexibility index (Phi) is 5.93. The van der Waals surface area contributed by atoms with E-state index in [9.17, 15) is 0 Å². The summed E-state index contributed by atoms with van der Waals surface area (Å²) in [5.74, 6) is 8.59. The molecule has 0 aliphatic heterocycles. The second kappa shape index (κ2) is 7.46. The van der Waals surface area contributed by atoms with Crippen LogP contribution in [0.15, 0.2) is 0 Å². The van der Waals surface area contributed by atoms with Gasteiger partial charge >= 0.3 is 0 Å². The molecule has 106 valence electrons. The zero-order valence-corrected chi connectivity index (χ0v) is 11.9. The highest BCUT2D eigenvalue weighted by molar-refractivity contribution is 4.87. The van der Waals surface area contributed by atoms with Gasteiger partial charge in [0.15, 0.2) is 0 Å². The quantitative estimate of drug-likeness (QED) is 0.435. The first kappa shape index (κ1) is 14.3. The molecule has 3 N–H and O–H groups in total. The van der Waals surface area contributed by atoms with Gasteiger partial charge in [-0.3, -0.25) is 11.3 Å². The molecule has 2 aliphatic rings. The van der Waals surface area contributed by atoms with E-state index in [1.54, 1.807) is 7.11 Å². The van der Waals surface area contributed by atoms with E-state index in [2.05, 4.69) is 5.43 Å². The fourth-order valence-electron chi connectivity index (χ4n) is 4.18. The number of hydrazine groups is 1. The third-order valence-corrected chi connectivity index (χ3v) is 5.23. The molecule has 0 bridgehead atoms. The smallest absolute Gasteiger partial charge is 0.0462 e. The molecule has 0 amide bonds. The summed E-state index contributed by atoms with van der Waals surface area (Å²) in [6, 6.07) is 0.503. The lowest BCUT2D eigenvalue weighted by Crippen LogP contribution is -2.44. The van der Waals surface area contributed by atoms with Gasteiger partial charge in [0, 0.05) is 19.8 Å². The van der Waals surface area contributed by atoms with E-state index in [4.69, 9.17) is 10.6 Å². The molecular formula is C15H30N2O. The van der Waals surface area contributed by atoms with E-state index < -0.39 is 0 Å². The van der Waals surface area contributed by atoms with Crippen molar-refractivity contribution in [2.75, 3.05) is 13.7 Å². The Labute approximate surface area is 112 Å².